The summed E-state index contributed by atoms with van der Waals surface area (Å²) < 4.78 is 0. The minimum Gasteiger partial charge on any atom is -1.00 e. The summed E-state index contributed by atoms with van der Waals surface area (Å²) in [5.74, 6) is 0. The molecule has 2 nitrogen and oxygen atoms in total. The van der Waals surface area contributed by atoms with Gasteiger partial charge in [-0.25, -0.2) is 0 Å². The molecule has 1 rings (SSSR count). The van der Waals surface area contributed by atoms with Crippen LogP contribution in [0.5, 0.6) is 0 Å². The largest absolute Gasteiger partial charge is 3.00 e. The standard InChI is InChI=1S/C6H12NO.Al.2ClH/c1-7-4-2-3-6(7)5-8;;;/h6H,2-5H2,1H3;;2*1H/q-1;+3;;/p-2. The van der Waals surface area contributed by atoms with Gasteiger partial charge in [0.15, 0.2) is 0 Å². The molecule has 1 aliphatic heterocycles. The van der Waals surface area contributed by atoms with E-state index in [2.05, 4.69) is 4.90 Å². The molecule has 5 heteroatoms. The van der Waals surface area contributed by atoms with E-state index in [9.17, 15) is 5.11 Å². The van der Waals surface area contributed by atoms with Crippen molar-refractivity contribution in [1.29, 1.82) is 0 Å². The molecule has 0 amide bonds. The first-order valence-corrected chi connectivity index (χ1v) is 3.13. The van der Waals surface area contributed by atoms with Crippen LogP contribution in [0.4, 0.5) is 0 Å². The third-order valence-electron chi connectivity index (χ3n) is 1.86. The monoisotopic (exact) mass is 211 g/mol. The summed E-state index contributed by atoms with van der Waals surface area (Å²) >= 11 is 0. The quantitative estimate of drug-likeness (QED) is 0.404. The van der Waals surface area contributed by atoms with Gasteiger partial charge in [-0.15, -0.1) is 6.61 Å². The second kappa shape index (κ2) is 9.12. The topological polar surface area (TPSA) is 26.3 Å². The number of nitrogens with zero attached hydrogens (tertiary/aromatic N) is 1. The molecule has 0 bridgehead atoms. The van der Waals surface area contributed by atoms with Crippen LogP contribution in [0.15, 0.2) is 0 Å². The van der Waals surface area contributed by atoms with Crippen molar-refractivity contribution in [2.75, 3.05) is 20.2 Å². The molecule has 1 saturated heterocycles. The van der Waals surface area contributed by atoms with Crippen molar-refractivity contribution >= 4 is 17.4 Å². The number of hydrogen-bond donors (Lipinski definition) is 0. The van der Waals surface area contributed by atoms with Gasteiger partial charge in [-0.1, -0.05) is 0 Å². The Kier molecular flexibility index (Phi) is 14.9. The van der Waals surface area contributed by atoms with Crippen molar-refractivity contribution in [1.82, 2.24) is 4.90 Å². The normalized spacial score (nSPS) is 22.9. The molecule has 1 unspecified atom stereocenters. The first kappa shape index (κ1) is 18.0. The molecule has 1 heterocycles. The minimum absolute atomic E-state index is 0. The first-order chi connectivity index (χ1) is 3.84. The van der Waals surface area contributed by atoms with Crippen LogP contribution in [-0.2, 0) is 0 Å². The summed E-state index contributed by atoms with van der Waals surface area (Å²) in [5, 5.41) is 10.3. The van der Waals surface area contributed by atoms with Gasteiger partial charge in [-0.05, 0) is 32.5 Å². The molecule has 0 radical (unpaired) electrons. The van der Waals surface area contributed by atoms with Crippen molar-refractivity contribution in [3.63, 3.8) is 0 Å². The Morgan fingerprint density at radius 1 is 1.45 bits per heavy atom. The van der Waals surface area contributed by atoms with Gasteiger partial charge in [0.05, 0.1) is 0 Å². The second-order valence-corrected chi connectivity index (χ2v) is 2.44. The fourth-order valence-electron chi connectivity index (χ4n) is 1.19. The fourth-order valence-corrected chi connectivity index (χ4v) is 1.19. The fraction of sp³-hybridized carbons (Fsp3) is 1.00. The molecular formula is C6H12AlCl2NO. The number of halogens is 2. The van der Waals surface area contributed by atoms with Gasteiger partial charge in [-0.2, -0.15) is 0 Å². The van der Waals surface area contributed by atoms with E-state index >= 15 is 0 Å². The Labute approximate surface area is 91.3 Å². The van der Waals surface area contributed by atoms with E-state index in [0.717, 1.165) is 13.0 Å². The molecule has 0 spiro atoms. The maximum Gasteiger partial charge on any atom is 3.00 e. The number of rotatable bonds is 1. The van der Waals surface area contributed by atoms with E-state index < -0.39 is 0 Å². The van der Waals surface area contributed by atoms with E-state index in [-0.39, 0.29) is 48.8 Å². The van der Waals surface area contributed by atoms with Gasteiger partial charge in [0, 0.05) is 0 Å². The zero-order valence-corrected chi connectivity index (χ0v) is 9.26. The molecule has 64 valence electrons. The molecule has 11 heavy (non-hydrogen) atoms. The van der Waals surface area contributed by atoms with Gasteiger partial charge < -0.3 is 34.8 Å². The third kappa shape index (κ3) is 5.30. The Balaban J connectivity index is -0.000000213. The van der Waals surface area contributed by atoms with E-state index in [1.54, 1.807) is 0 Å². The maximum absolute atomic E-state index is 10.3. The summed E-state index contributed by atoms with van der Waals surface area (Å²) in [6, 6.07) is 0.343. The Bertz CT molecular complexity index is 87.0. The number of hydrogen-bond acceptors (Lipinski definition) is 2. The smallest absolute Gasteiger partial charge is 1.00 e. The summed E-state index contributed by atoms with van der Waals surface area (Å²) in [6.07, 6.45) is 2.32. The average molecular weight is 212 g/mol. The van der Waals surface area contributed by atoms with Gasteiger partial charge in [-0.3, -0.25) is 0 Å². The molecular weight excluding hydrogens is 200 g/mol. The van der Waals surface area contributed by atoms with Crippen LogP contribution >= 0.6 is 0 Å². The predicted octanol–water partition coefficient (Wildman–Crippen LogP) is -6.93. The zero-order valence-electron chi connectivity index (χ0n) is 6.59. The van der Waals surface area contributed by atoms with Gasteiger partial charge in [0.1, 0.15) is 0 Å². The van der Waals surface area contributed by atoms with Crippen molar-refractivity contribution in [3.05, 3.63) is 0 Å². The second-order valence-electron chi connectivity index (χ2n) is 2.44. The van der Waals surface area contributed by atoms with Gasteiger partial charge in [0.2, 0.25) is 0 Å². The maximum atomic E-state index is 10.3. The van der Waals surface area contributed by atoms with E-state index in [4.69, 9.17) is 0 Å². The Hall–Kier alpha value is 1.03. The molecule has 0 aromatic heterocycles. The van der Waals surface area contributed by atoms with E-state index in [1.165, 1.54) is 6.42 Å². The molecule has 0 saturated carbocycles. The van der Waals surface area contributed by atoms with Crippen LogP contribution in [0.3, 0.4) is 0 Å². The summed E-state index contributed by atoms with van der Waals surface area (Å²) in [6.45, 7) is 1.20. The van der Waals surface area contributed by atoms with Crippen molar-refractivity contribution in [3.8, 4) is 0 Å². The van der Waals surface area contributed by atoms with Crippen molar-refractivity contribution < 1.29 is 29.9 Å². The van der Waals surface area contributed by atoms with Crippen LogP contribution in [0, 0.1) is 0 Å². The van der Waals surface area contributed by atoms with E-state index in [0.29, 0.717) is 6.04 Å². The van der Waals surface area contributed by atoms with Crippen LogP contribution in [0.1, 0.15) is 12.8 Å². The molecule has 0 N–H and O–H groups in total. The minimum atomic E-state index is 0. The van der Waals surface area contributed by atoms with Crippen LogP contribution in [0.2, 0.25) is 0 Å². The Morgan fingerprint density at radius 3 is 2.18 bits per heavy atom. The molecule has 0 aliphatic carbocycles. The van der Waals surface area contributed by atoms with Crippen molar-refractivity contribution in [2.45, 2.75) is 18.9 Å². The molecule has 1 fully saturated rings. The molecule has 0 aromatic carbocycles. The first-order valence-electron chi connectivity index (χ1n) is 3.13. The van der Waals surface area contributed by atoms with Crippen molar-refractivity contribution in [2.24, 2.45) is 0 Å². The number of likely N-dealkylation sites (N-methyl/N-ethyl adjacent to an activating group) is 1. The molecule has 0 aromatic rings. The summed E-state index contributed by atoms with van der Waals surface area (Å²) in [7, 11) is 2.02. The SMILES string of the molecule is CN1CCCC1C[O-].[Al+3].[Cl-].[Cl-]. The predicted molar refractivity (Wildman–Crippen MR) is 36.3 cm³/mol. The van der Waals surface area contributed by atoms with Crippen LogP contribution < -0.4 is 29.9 Å². The average Bonchev–Trinajstić information content (AvgIpc) is 2.14. The van der Waals surface area contributed by atoms with Crippen LogP contribution in [-0.4, -0.2) is 48.5 Å². The number of likely N-dealkylation sites (tertiary alicyclic amines) is 1. The summed E-state index contributed by atoms with van der Waals surface area (Å²) in [5.41, 5.74) is 0. The third-order valence-corrected chi connectivity index (χ3v) is 1.86. The zero-order chi connectivity index (χ0) is 5.98. The van der Waals surface area contributed by atoms with Crippen LogP contribution in [0.25, 0.3) is 0 Å². The Morgan fingerprint density at radius 2 is 2.00 bits per heavy atom. The van der Waals surface area contributed by atoms with Gasteiger partial charge >= 0.3 is 17.4 Å². The molecule has 1 aliphatic rings. The van der Waals surface area contributed by atoms with Gasteiger partial charge in [0.25, 0.3) is 0 Å². The molecule has 1 atom stereocenters. The van der Waals surface area contributed by atoms with E-state index in [1.807, 2.05) is 7.05 Å². The summed E-state index contributed by atoms with van der Waals surface area (Å²) in [4.78, 5) is 2.15.